The number of hydrogen-bond donors (Lipinski definition) is 0. The van der Waals surface area contributed by atoms with Gasteiger partial charge in [-0.2, -0.15) is 0 Å². The van der Waals surface area contributed by atoms with Crippen LogP contribution in [0.4, 0.5) is 0 Å². The summed E-state index contributed by atoms with van der Waals surface area (Å²) in [6, 6.07) is 5.22. The zero-order chi connectivity index (χ0) is 11.1. The summed E-state index contributed by atoms with van der Waals surface area (Å²) >= 11 is 0. The van der Waals surface area contributed by atoms with Crippen LogP contribution in [-0.2, 0) is 6.61 Å². The summed E-state index contributed by atoms with van der Waals surface area (Å²) in [6.45, 7) is 0.227. The Labute approximate surface area is 90.0 Å². The molecule has 0 amide bonds. The molecule has 0 aliphatic carbocycles. The van der Waals surface area contributed by atoms with E-state index in [-0.39, 0.29) is 6.61 Å². The van der Waals surface area contributed by atoms with Crippen LogP contribution in [0.5, 0.6) is 11.5 Å². The number of benzene rings is 1. The van der Waals surface area contributed by atoms with Crippen LogP contribution < -0.4 is 15.2 Å². The van der Waals surface area contributed by atoms with Crippen LogP contribution in [0.3, 0.4) is 0 Å². The second-order valence-electron chi connectivity index (χ2n) is 3.32. The summed E-state index contributed by atoms with van der Waals surface area (Å²) in [5.74, 6) is 1.18. The first-order valence-electron chi connectivity index (χ1n) is 4.68. The minimum absolute atomic E-state index is 0.227. The number of hydrogen-bond acceptors (Lipinski definition) is 5. The standard InChI is InChI=1S/C10H8N2O4/c1-14-6-2-3-8-7(4-6)12-9(5-15-8)11-16-10(12)13/h2-4H,5H2,1H3. The van der Waals surface area contributed by atoms with Gasteiger partial charge in [0.05, 0.1) is 12.8 Å². The first-order valence-corrected chi connectivity index (χ1v) is 4.68. The molecule has 6 nitrogen and oxygen atoms in total. The fourth-order valence-corrected chi connectivity index (χ4v) is 1.67. The number of ether oxygens (including phenoxy) is 2. The zero-order valence-corrected chi connectivity index (χ0v) is 8.47. The van der Waals surface area contributed by atoms with Crippen LogP contribution in [0.15, 0.2) is 27.5 Å². The van der Waals surface area contributed by atoms with Crippen LogP contribution in [0.25, 0.3) is 5.69 Å². The molecule has 0 bridgehead atoms. The van der Waals surface area contributed by atoms with E-state index in [0.717, 1.165) is 0 Å². The Morgan fingerprint density at radius 1 is 1.50 bits per heavy atom. The van der Waals surface area contributed by atoms with Crippen molar-refractivity contribution in [1.82, 2.24) is 9.72 Å². The molecule has 0 unspecified atom stereocenters. The van der Waals surface area contributed by atoms with E-state index in [1.54, 1.807) is 25.3 Å². The molecule has 0 fully saturated rings. The second-order valence-corrected chi connectivity index (χ2v) is 3.32. The van der Waals surface area contributed by atoms with Crippen LogP contribution in [0.2, 0.25) is 0 Å². The van der Waals surface area contributed by atoms with E-state index in [9.17, 15) is 4.79 Å². The number of nitrogens with zero attached hydrogens (tertiary/aromatic N) is 2. The molecule has 0 saturated heterocycles. The van der Waals surface area contributed by atoms with Gasteiger partial charge in [-0.25, -0.2) is 9.36 Å². The van der Waals surface area contributed by atoms with Gasteiger partial charge in [-0.3, -0.25) is 4.52 Å². The van der Waals surface area contributed by atoms with Gasteiger partial charge < -0.3 is 9.47 Å². The van der Waals surface area contributed by atoms with E-state index >= 15 is 0 Å². The molecule has 1 aromatic heterocycles. The third-order valence-electron chi connectivity index (χ3n) is 2.43. The van der Waals surface area contributed by atoms with Crippen LogP contribution in [-0.4, -0.2) is 16.8 Å². The highest BCUT2D eigenvalue weighted by atomic mass is 16.5. The van der Waals surface area contributed by atoms with Gasteiger partial charge >= 0.3 is 5.76 Å². The lowest BCUT2D eigenvalue weighted by Crippen LogP contribution is -2.21. The normalized spacial score (nSPS) is 12.6. The minimum atomic E-state index is -0.521. The van der Waals surface area contributed by atoms with E-state index in [1.165, 1.54) is 4.57 Å². The van der Waals surface area contributed by atoms with Crippen LogP contribution in [0.1, 0.15) is 5.82 Å². The Bertz CT molecular complexity index is 599. The topological polar surface area (TPSA) is 66.5 Å². The highest BCUT2D eigenvalue weighted by molar-refractivity contribution is 5.52. The van der Waals surface area contributed by atoms with Gasteiger partial charge in [-0.1, -0.05) is 5.16 Å². The smallest absolute Gasteiger partial charge is 0.446 e. The largest absolute Gasteiger partial charge is 0.497 e. The molecule has 0 atom stereocenters. The van der Waals surface area contributed by atoms with Crippen LogP contribution in [0, 0.1) is 0 Å². The molecular formula is C10H8N2O4. The van der Waals surface area contributed by atoms with Crippen molar-refractivity contribution in [3.63, 3.8) is 0 Å². The molecule has 0 radical (unpaired) electrons. The summed E-state index contributed by atoms with van der Waals surface area (Å²) in [6.07, 6.45) is 0. The molecule has 0 saturated carbocycles. The molecule has 2 aromatic rings. The van der Waals surface area contributed by atoms with E-state index in [1.807, 2.05) is 0 Å². The van der Waals surface area contributed by atoms with Crippen LogP contribution >= 0.6 is 0 Å². The molecule has 6 heteroatoms. The molecule has 1 aliphatic heterocycles. The minimum Gasteiger partial charge on any atom is -0.497 e. The van der Waals surface area contributed by atoms with Crippen molar-refractivity contribution < 1.29 is 14.0 Å². The maximum Gasteiger partial charge on any atom is 0.446 e. The van der Waals surface area contributed by atoms with Crippen molar-refractivity contribution in [1.29, 1.82) is 0 Å². The third-order valence-corrected chi connectivity index (χ3v) is 2.43. The maximum absolute atomic E-state index is 11.5. The lowest BCUT2D eigenvalue weighted by molar-refractivity contribution is 0.273. The molecule has 2 heterocycles. The molecule has 1 aliphatic rings. The van der Waals surface area contributed by atoms with E-state index < -0.39 is 5.76 Å². The average Bonchev–Trinajstić information content (AvgIpc) is 2.71. The van der Waals surface area contributed by atoms with Gasteiger partial charge in [0.2, 0.25) is 0 Å². The quantitative estimate of drug-likeness (QED) is 0.708. The van der Waals surface area contributed by atoms with Gasteiger partial charge in [0.25, 0.3) is 0 Å². The lowest BCUT2D eigenvalue weighted by Gasteiger charge is -2.17. The summed E-state index contributed by atoms with van der Waals surface area (Å²) < 4.78 is 16.5. The SMILES string of the molecule is COc1ccc2c(c1)-n1c(noc1=O)CO2. The molecule has 16 heavy (non-hydrogen) atoms. The maximum atomic E-state index is 11.5. The molecule has 0 spiro atoms. The highest BCUT2D eigenvalue weighted by Gasteiger charge is 2.22. The van der Waals surface area contributed by atoms with Crippen molar-refractivity contribution in [2.45, 2.75) is 6.61 Å². The van der Waals surface area contributed by atoms with E-state index in [0.29, 0.717) is 23.0 Å². The van der Waals surface area contributed by atoms with E-state index in [4.69, 9.17) is 9.47 Å². The molecule has 82 valence electrons. The van der Waals surface area contributed by atoms with Crippen molar-refractivity contribution in [3.05, 3.63) is 34.6 Å². The fraction of sp³-hybridized carbons (Fsp3) is 0.200. The van der Waals surface area contributed by atoms with Gasteiger partial charge in [-0.15, -0.1) is 0 Å². The Hall–Kier alpha value is -2.24. The highest BCUT2D eigenvalue weighted by Crippen LogP contribution is 2.30. The summed E-state index contributed by atoms with van der Waals surface area (Å²) in [7, 11) is 1.56. The van der Waals surface area contributed by atoms with Gasteiger partial charge in [0.1, 0.15) is 11.5 Å². The number of rotatable bonds is 1. The summed E-state index contributed by atoms with van der Waals surface area (Å²) in [5.41, 5.74) is 0.590. The molecule has 0 N–H and O–H groups in total. The van der Waals surface area contributed by atoms with Crippen molar-refractivity contribution >= 4 is 0 Å². The van der Waals surface area contributed by atoms with Gasteiger partial charge in [0, 0.05) is 6.07 Å². The lowest BCUT2D eigenvalue weighted by atomic mass is 10.2. The predicted molar refractivity (Wildman–Crippen MR) is 53.0 cm³/mol. The summed E-state index contributed by atoms with van der Waals surface area (Å²) in [5, 5.41) is 3.62. The van der Waals surface area contributed by atoms with Gasteiger partial charge in [-0.05, 0) is 12.1 Å². The monoisotopic (exact) mass is 220 g/mol. The number of fused-ring (bicyclic) bond motifs is 3. The summed E-state index contributed by atoms with van der Waals surface area (Å²) in [4.78, 5) is 11.5. The number of methoxy groups -OCH3 is 1. The first kappa shape index (κ1) is 9.02. The van der Waals surface area contributed by atoms with Crippen molar-refractivity contribution in [2.75, 3.05) is 7.11 Å². The van der Waals surface area contributed by atoms with Crippen molar-refractivity contribution in [2.24, 2.45) is 0 Å². The fourth-order valence-electron chi connectivity index (χ4n) is 1.67. The molecule has 1 aromatic carbocycles. The van der Waals surface area contributed by atoms with E-state index in [2.05, 4.69) is 9.68 Å². The average molecular weight is 220 g/mol. The Kier molecular flexibility index (Phi) is 1.76. The zero-order valence-electron chi connectivity index (χ0n) is 8.47. The Morgan fingerprint density at radius 2 is 2.38 bits per heavy atom. The Balaban J connectivity index is 2.29. The van der Waals surface area contributed by atoms with Gasteiger partial charge in [0.15, 0.2) is 12.4 Å². The Morgan fingerprint density at radius 3 is 3.19 bits per heavy atom. The second kappa shape index (κ2) is 3.13. The number of aromatic nitrogens is 2. The molecular weight excluding hydrogens is 212 g/mol. The van der Waals surface area contributed by atoms with Crippen molar-refractivity contribution in [3.8, 4) is 17.2 Å². The third kappa shape index (κ3) is 1.13. The predicted octanol–water partition coefficient (Wildman–Crippen LogP) is 0.726. The first-order chi connectivity index (χ1) is 7.79. The molecule has 3 rings (SSSR count).